The Labute approximate surface area is 204 Å². The predicted molar refractivity (Wildman–Crippen MR) is 142 cm³/mol. The molecule has 3 aromatic carbocycles. The summed E-state index contributed by atoms with van der Waals surface area (Å²) in [7, 11) is 0. The highest BCUT2D eigenvalue weighted by Crippen LogP contribution is 2.34. The summed E-state index contributed by atoms with van der Waals surface area (Å²) in [5, 5.41) is 4.58. The summed E-state index contributed by atoms with van der Waals surface area (Å²) in [5.41, 5.74) is 7.65. The van der Waals surface area contributed by atoms with E-state index in [1.54, 1.807) is 11.3 Å². The van der Waals surface area contributed by atoms with Gasteiger partial charge in [0.05, 0.1) is 5.69 Å². The molecule has 0 aliphatic heterocycles. The molecule has 0 saturated heterocycles. The third kappa shape index (κ3) is 4.75. The zero-order valence-corrected chi connectivity index (χ0v) is 20.4. The first kappa shape index (κ1) is 22.0. The van der Waals surface area contributed by atoms with E-state index >= 15 is 0 Å². The van der Waals surface area contributed by atoms with Crippen LogP contribution in [0.15, 0.2) is 84.9 Å². The Morgan fingerprint density at radius 3 is 2.09 bits per heavy atom. The molecule has 0 atom stereocenters. The molecule has 4 nitrogen and oxygen atoms in total. The maximum atomic E-state index is 4.93. The largest absolute Gasteiger partial charge is 0.340 e. The number of nitrogens with zero attached hydrogens (tertiary/aromatic N) is 3. The van der Waals surface area contributed by atoms with Crippen molar-refractivity contribution < 1.29 is 0 Å². The van der Waals surface area contributed by atoms with Gasteiger partial charge in [-0.05, 0) is 38.5 Å². The van der Waals surface area contributed by atoms with E-state index < -0.39 is 0 Å². The number of rotatable bonds is 6. The first-order chi connectivity index (χ1) is 16.6. The molecular formula is C29H26N4S. The van der Waals surface area contributed by atoms with Crippen molar-refractivity contribution in [1.82, 2.24) is 15.0 Å². The average Bonchev–Trinajstić information content (AvgIpc) is 3.24. The van der Waals surface area contributed by atoms with Crippen LogP contribution in [-0.4, -0.2) is 15.0 Å². The minimum Gasteiger partial charge on any atom is -0.340 e. The van der Waals surface area contributed by atoms with Crippen LogP contribution in [0.4, 0.5) is 11.5 Å². The van der Waals surface area contributed by atoms with Crippen molar-refractivity contribution in [1.29, 1.82) is 0 Å². The van der Waals surface area contributed by atoms with E-state index in [0.717, 1.165) is 56.8 Å². The van der Waals surface area contributed by atoms with Gasteiger partial charge in [-0.25, -0.2) is 15.0 Å². The fourth-order valence-electron chi connectivity index (χ4n) is 4.07. The molecule has 2 heterocycles. The topological polar surface area (TPSA) is 50.7 Å². The van der Waals surface area contributed by atoms with Gasteiger partial charge in [-0.3, -0.25) is 0 Å². The highest BCUT2D eigenvalue weighted by atomic mass is 32.1. The molecule has 0 aliphatic carbocycles. The van der Waals surface area contributed by atoms with Crippen LogP contribution >= 0.6 is 11.3 Å². The fourth-order valence-corrected chi connectivity index (χ4v) is 5.01. The number of nitrogens with one attached hydrogen (secondary N) is 1. The van der Waals surface area contributed by atoms with Crippen molar-refractivity contribution in [2.75, 3.05) is 5.32 Å². The summed E-state index contributed by atoms with van der Waals surface area (Å²) in [4.78, 5) is 15.5. The van der Waals surface area contributed by atoms with Gasteiger partial charge in [-0.1, -0.05) is 72.8 Å². The molecule has 2 aromatic heterocycles. The molecule has 34 heavy (non-hydrogen) atoms. The summed E-state index contributed by atoms with van der Waals surface area (Å²) < 4.78 is 0. The van der Waals surface area contributed by atoms with Crippen LogP contribution in [0.2, 0.25) is 0 Å². The molecule has 5 rings (SSSR count). The highest BCUT2D eigenvalue weighted by Gasteiger charge is 2.14. The number of thiazole rings is 1. The summed E-state index contributed by atoms with van der Waals surface area (Å²) in [6, 6.07) is 29.2. The Balaban J connectivity index is 1.41. The van der Waals surface area contributed by atoms with Gasteiger partial charge >= 0.3 is 0 Å². The molecular weight excluding hydrogens is 436 g/mol. The smallest absolute Gasteiger partial charge is 0.137 e. The van der Waals surface area contributed by atoms with Crippen LogP contribution in [0.3, 0.4) is 0 Å². The number of aromatic nitrogens is 3. The lowest BCUT2D eigenvalue weighted by Gasteiger charge is -2.14. The van der Waals surface area contributed by atoms with E-state index in [-0.39, 0.29) is 0 Å². The van der Waals surface area contributed by atoms with Crippen LogP contribution < -0.4 is 5.32 Å². The predicted octanol–water partition coefficient (Wildman–Crippen LogP) is 7.53. The molecule has 0 unspecified atom stereocenters. The second kappa shape index (κ2) is 9.57. The van der Waals surface area contributed by atoms with E-state index in [1.165, 1.54) is 10.4 Å². The maximum Gasteiger partial charge on any atom is 0.137 e. The molecule has 0 spiro atoms. The summed E-state index contributed by atoms with van der Waals surface area (Å²) in [6.45, 7) is 6.12. The second-order valence-corrected chi connectivity index (χ2v) is 9.54. The minimum atomic E-state index is 0.764. The first-order valence-corrected chi connectivity index (χ1v) is 12.2. The molecule has 0 amide bonds. The zero-order valence-electron chi connectivity index (χ0n) is 19.5. The number of benzene rings is 3. The van der Waals surface area contributed by atoms with Crippen molar-refractivity contribution in [2.24, 2.45) is 0 Å². The number of hydrogen-bond donors (Lipinski definition) is 1. The van der Waals surface area contributed by atoms with E-state index in [1.807, 2.05) is 19.1 Å². The lowest BCUT2D eigenvalue weighted by molar-refractivity contribution is 0.965. The molecule has 0 bridgehead atoms. The Bertz CT molecular complexity index is 1410. The van der Waals surface area contributed by atoms with Crippen LogP contribution in [0.5, 0.6) is 0 Å². The standard InChI is InChI=1S/C29H26N4S/c1-19-26(18-22-10-6-4-7-11-22)28(31-21(3)30-19)32-25-16-14-23(15-17-25)27-20(2)34-29(33-27)24-12-8-5-9-13-24/h4-17H,18H2,1-3H3,(H,30,31,32). The van der Waals surface area contributed by atoms with Gasteiger partial charge in [0, 0.05) is 39.4 Å². The molecule has 168 valence electrons. The van der Waals surface area contributed by atoms with Crippen molar-refractivity contribution in [3.05, 3.63) is 112 Å². The Morgan fingerprint density at radius 2 is 1.38 bits per heavy atom. The van der Waals surface area contributed by atoms with Crippen molar-refractivity contribution in [3.63, 3.8) is 0 Å². The highest BCUT2D eigenvalue weighted by molar-refractivity contribution is 7.15. The number of hydrogen-bond acceptors (Lipinski definition) is 5. The quantitative estimate of drug-likeness (QED) is 0.283. The van der Waals surface area contributed by atoms with Gasteiger partial charge in [0.1, 0.15) is 16.6 Å². The zero-order chi connectivity index (χ0) is 23.5. The molecule has 0 radical (unpaired) electrons. The third-order valence-corrected chi connectivity index (χ3v) is 6.81. The SMILES string of the molecule is Cc1nc(C)c(Cc2ccccc2)c(Nc2ccc(-c3nc(-c4ccccc4)sc3C)cc2)n1. The minimum absolute atomic E-state index is 0.764. The van der Waals surface area contributed by atoms with Gasteiger partial charge in [0.2, 0.25) is 0 Å². The molecule has 0 fully saturated rings. The average molecular weight is 463 g/mol. The Morgan fingerprint density at radius 1 is 0.706 bits per heavy atom. The van der Waals surface area contributed by atoms with E-state index in [4.69, 9.17) is 9.97 Å². The molecule has 1 N–H and O–H groups in total. The molecule has 5 heteroatoms. The Hall–Kier alpha value is -3.83. The van der Waals surface area contributed by atoms with E-state index in [2.05, 4.69) is 96.9 Å². The molecule has 5 aromatic rings. The van der Waals surface area contributed by atoms with Crippen molar-refractivity contribution in [2.45, 2.75) is 27.2 Å². The second-order valence-electron chi connectivity index (χ2n) is 8.34. The van der Waals surface area contributed by atoms with Gasteiger partial charge in [0.15, 0.2) is 0 Å². The van der Waals surface area contributed by atoms with Crippen molar-refractivity contribution in [3.8, 4) is 21.8 Å². The summed E-state index contributed by atoms with van der Waals surface area (Å²) in [6.07, 6.45) is 0.785. The van der Waals surface area contributed by atoms with Gasteiger partial charge < -0.3 is 5.32 Å². The fraction of sp³-hybridized carbons (Fsp3) is 0.138. The monoisotopic (exact) mass is 462 g/mol. The lowest BCUT2D eigenvalue weighted by atomic mass is 10.0. The van der Waals surface area contributed by atoms with Crippen LogP contribution in [0.25, 0.3) is 21.8 Å². The Kier molecular flexibility index (Phi) is 6.19. The number of anilines is 2. The molecule has 0 saturated carbocycles. The maximum absolute atomic E-state index is 4.93. The lowest BCUT2D eigenvalue weighted by Crippen LogP contribution is -2.06. The van der Waals surface area contributed by atoms with Gasteiger partial charge in [0.25, 0.3) is 0 Å². The number of aryl methyl sites for hydroxylation is 3. The summed E-state index contributed by atoms with van der Waals surface area (Å²) in [5.74, 6) is 1.62. The normalized spacial score (nSPS) is 10.9. The van der Waals surface area contributed by atoms with Gasteiger partial charge in [-0.15, -0.1) is 11.3 Å². The van der Waals surface area contributed by atoms with Crippen LogP contribution in [0.1, 0.15) is 27.5 Å². The van der Waals surface area contributed by atoms with E-state index in [9.17, 15) is 0 Å². The first-order valence-electron chi connectivity index (χ1n) is 11.3. The third-order valence-electron chi connectivity index (χ3n) is 5.79. The van der Waals surface area contributed by atoms with Crippen LogP contribution in [0, 0.1) is 20.8 Å². The van der Waals surface area contributed by atoms with E-state index in [0.29, 0.717) is 0 Å². The van der Waals surface area contributed by atoms with Gasteiger partial charge in [-0.2, -0.15) is 0 Å². The van der Waals surface area contributed by atoms with Crippen LogP contribution in [-0.2, 0) is 6.42 Å². The van der Waals surface area contributed by atoms with Crippen molar-refractivity contribution >= 4 is 22.8 Å². The summed E-state index contributed by atoms with van der Waals surface area (Å²) >= 11 is 1.73. The molecule has 0 aliphatic rings.